The van der Waals surface area contributed by atoms with E-state index in [1.54, 1.807) is 0 Å². The molecule has 0 bridgehead atoms. The van der Waals surface area contributed by atoms with Crippen molar-refractivity contribution in [3.8, 4) is 0 Å². The lowest BCUT2D eigenvalue weighted by Crippen LogP contribution is -2.17. The average Bonchev–Trinajstić information content (AvgIpc) is 2.32. The van der Waals surface area contributed by atoms with Crippen molar-refractivity contribution < 1.29 is 18.3 Å². The molecule has 0 unspecified atom stereocenters. The van der Waals surface area contributed by atoms with E-state index < -0.39 is 12.9 Å². The second-order valence-electron chi connectivity index (χ2n) is 1.88. The van der Waals surface area contributed by atoms with Crippen molar-refractivity contribution in [2.45, 2.75) is 12.9 Å². The molecular formula is C5H5F3N2O. The third kappa shape index (κ3) is 1.70. The van der Waals surface area contributed by atoms with Gasteiger partial charge in [-0.1, -0.05) is 0 Å². The molecule has 0 fully saturated rings. The molecule has 62 valence electrons. The Morgan fingerprint density at radius 2 is 2.18 bits per heavy atom. The number of rotatable bonds is 1. The van der Waals surface area contributed by atoms with E-state index in [4.69, 9.17) is 5.11 Å². The zero-order chi connectivity index (χ0) is 8.48. The molecule has 1 aromatic heterocycles. The highest BCUT2D eigenvalue weighted by Crippen LogP contribution is 2.20. The summed E-state index contributed by atoms with van der Waals surface area (Å²) in [5, 5.41) is 11.4. The molecule has 0 amide bonds. The smallest absolute Gasteiger partial charge is 0.390 e. The first-order chi connectivity index (χ1) is 5.04. The summed E-state index contributed by atoms with van der Waals surface area (Å²) in [4.78, 5) is 0. The van der Waals surface area contributed by atoms with E-state index in [0.717, 1.165) is 12.3 Å². The van der Waals surface area contributed by atoms with Crippen molar-refractivity contribution in [3.63, 3.8) is 0 Å². The molecule has 0 saturated carbocycles. The highest BCUT2D eigenvalue weighted by Gasteiger charge is 2.31. The summed E-state index contributed by atoms with van der Waals surface area (Å²) in [6.45, 7) is -0.483. The number of hydrogen-bond donors (Lipinski definition) is 1. The van der Waals surface area contributed by atoms with E-state index in [-0.39, 0.29) is 10.4 Å². The van der Waals surface area contributed by atoms with Crippen LogP contribution in [0.5, 0.6) is 0 Å². The number of alkyl halides is 3. The average molecular weight is 166 g/mol. The van der Waals surface area contributed by atoms with Crippen LogP contribution in [0.25, 0.3) is 0 Å². The Kier molecular flexibility index (Phi) is 1.86. The van der Waals surface area contributed by atoms with Gasteiger partial charge in [0.15, 0.2) is 0 Å². The minimum atomic E-state index is -4.49. The maximum absolute atomic E-state index is 11.8. The highest BCUT2D eigenvalue weighted by atomic mass is 19.4. The first kappa shape index (κ1) is 8.06. The van der Waals surface area contributed by atoms with Gasteiger partial charge in [0.2, 0.25) is 0 Å². The minimum Gasteiger partial charge on any atom is -0.390 e. The van der Waals surface area contributed by atoms with Crippen molar-refractivity contribution in [2.24, 2.45) is 0 Å². The standard InChI is InChI=1S/C5H5F3N2O/c6-5(7,8)10-2-1-4(3-11)9-10/h1-2,11H,3H2. The van der Waals surface area contributed by atoms with Gasteiger partial charge in [-0.05, 0) is 6.07 Å². The van der Waals surface area contributed by atoms with E-state index in [0.29, 0.717) is 0 Å². The van der Waals surface area contributed by atoms with Crippen LogP contribution in [0.2, 0.25) is 0 Å². The van der Waals surface area contributed by atoms with Crippen molar-refractivity contribution in [2.75, 3.05) is 0 Å². The third-order valence-corrected chi connectivity index (χ3v) is 1.07. The first-order valence-corrected chi connectivity index (χ1v) is 2.76. The summed E-state index contributed by atoms with van der Waals surface area (Å²) < 4.78 is 35.1. The van der Waals surface area contributed by atoms with Gasteiger partial charge < -0.3 is 5.11 Å². The number of aliphatic hydroxyl groups is 1. The Labute approximate surface area is 60.1 Å². The largest absolute Gasteiger partial charge is 0.504 e. The number of aromatic nitrogens is 2. The molecule has 1 rings (SSSR count). The van der Waals surface area contributed by atoms with E-state index in [2.05, 4.69) is 5.10 Å². The third-order valence-electron chi connectivity index (χ3n) is 1.07. The molecule has 11 heavy (non-hydrogen) atoms. The molecule has 1 N–H and O–H groups in total. The summed E-state index contributed by atoms with van der Waals surface area (Å²) in [6.07, 6.45) is -3.74. The van der Waals surface area contributed by atoms with Crippen LogP contribution < -0.4 is 0 Å². The van der Waals surface area contributed by atoms with Crippen LogP contribution in [0.4, 0.5) is 13.2 Å². The number of aliphatic hydroxyl groups excluding tert-OH is 1. The zero-order valence-electron chi connectivity index (χ0n) is 5.34. The van der Waals surface area contributed by atoms with Gasteiger partial charge in [0, 0.05) is 6.20 Å². The molecule has 0 atom stereocenters. The van der Waals surface area contributed by atoms with Gasteiger partial charge in [0.1, 0.15) is 0 Å². The summed E-state index contributed by atoms with van der Waals surface area (Å²) >= 11 is 0. The van der Waals surface area contributed by atoms with E-state index in [1.807, 2.05) is 0 Å². The SMILES string of the molecule is OCc1ccn(C(F)(F)F)n1. The summed E-state index contributed by atoms with van der Waals surface area (Å²) in [5.41, 5.74) is 0.00215. The molecule has 1 heterocycles. The highest BCUT2D eigenvalue weighted by molar-refractivity contribution is 4.96. The van der Waals surface area contributed by atoms with Gasteiger partial charge in [0.25, 0.3) is 0 Å². The number of hydrogen-bond acceptors (Lipinski definition) is 2. The van der Waals surface area contributed by atoms with Crippen LogP contribution in [0.15, 0.2) is 12.3 Å². The molecule has 0 radical (unpaired) electrons. The van der Waals surface area contributed by atoms with Crippen LogP contribution in [0.3, 0.4) is 0 Å². The Morgan fingerprint density at radius 3 is 2.45 bits per heavy atom. The quantitative estimate of drug-likeness (QED) is 0.671. The Morgan fingerprint density at radius 1 is 1.55 bits per heavy atom. The molecule has 0 aliphatic rings. The Hall–Kier alpha value is -1.04. The Balaban J connectivity index is 2.89. The fraction of sp³-hybridized carbons (Fsp3) is 0.400. The molecule has 1 aromatic rings. The van der Waals surface area contributed by atoms with E-state index in [1.165, 1.54) is 0 Å². The molecule has 0 saturated heterocycles. The Bertz CT molecular complexity index is 242. The molecule has 0 aliphatic carbocycles. The molecule has 0 aromatic carbocycles. The van der Waals surface area contributed by atoms with E-state index in [9.17, 15) is 13.2 Å². The predicted molar refractivity (Wildman–Crippen MR) is 29.4 cm³/mol. The van der Waals surface area contributed by atoms with E-state index >= 15 is 0 Å². The van der Waals surface area contributed by atoms with Crippen molar-refractivity contribution in [3.05, 3.63) is 18.0 Å². The minimum absolute atomic E-state index is 0.00215. The zero-order valence-corrected chi connectivity index (χ0v) is 5.34. The van der Waals surface area contributed by atoms with Crippen LogP contribution in [0, 0.1) is 0 Å². The van der Waals surface area contributed by atoms with Gasteiger partial charge in [-0.25, -0.2) is 0 Å². The fourth-order valence-corrected chi connectivity index (χ4v) is 0.587. The fourth-order valence-electron chi connectivity index (χ4n) is 0.587. The molecular weight excluding hydrogens is 161 g/mol. The molecule has 0 aliphatic heterocycles. The van der Waals surface area contributed by atoms with Gasteiger partial charge in [-0.3, -0.25) is 0 Å². The van der Waals surface area contributed by atoms with Crippen molar-refractivity contribution >= 4 is 0 Å². The second-order valence-corrected chi connectivity index (χ2v) is 1.88. The topological polar surface area (TPSA) is 38.0 Å². The molecule has 6 heteroatoms. The van der Waals surface area contributed by atoms with Crippen LogP contribution >= 0.6 is 0 Å². The van der Waals surface area contributed by atoms with Gasteiger partial charge in [-0.2, -0.15) is 9.78 Å². The predicted octanol–water partition coefficient (Wildman–Crippen LogP) is 0.852. The maximum atomic E-state index is 11.8. The lowest BCUT2D eigenvalue weighted by molar-refractivity contribution is -0.212. The summed E-state index contributed by atoms with van der Waals surface area (Å²) in [5.74, 6) is 0. The van der Waals surface area contributed by atoms with Gasteiger partial charge >= 0.3 is 6.30 Å². The normalized spacial score (nSPS) is 12.0. The molecule has 3 nitrogen and oxygen atoms in total. The monoisotopic (exact) mass is 166 g/mol. The lowest BCUT2D eigenvalue weighted by atomic mass is 10.5. The van der Waals surface area contributed by atoms with Crippen molar-refractivity contribution in [1.29, 1.82) is 0 Å². The van der Waals surface area contributed by atoms with Crippen LogP contribution in [-0.4, -0.2) is 14.9 Å². The maximum Gasteiger partial charge on any atom is 0.504 e. The second kappa shape index (κ2) is 2.54. The first-order valence-electron chi connectivity index (χ1n) is 2.76. The summed E-state index contributed by atoms with van der Waals surface area (Å²) in [7, 11) is 0. The summed E-state index contributed by atoms with van der Waals surface area (Å²) in [6, 6.07) is 1.10. The lowest BCUT2D eigenvalue weighted by Gasteiger charge is -2.03. The van der Waals surface area contributed by atoms with Crippen molar-refractivity contribution in [1.82, 2.24) is 9.78 Å². The molecule has 0 spiro atoms. The van der Waals surface area contributed by atoms with Crippen LogP contribution in [-0.2, 0) is 12.9 Å². The van der Waals surface area contributed by atoms with Gasteiger partial charge in [0.05, 0.1) is 12.3 Å². The number of halogens is 3. The number of nitrogens with zero attached hydrogens (tertiary/aromatic N) is 2. The van der Waals surface area contributed by atoms with Gasteiger partial charge in [-0.15, -0.1) is 13.2 Å². The van der Waals surface area contributed by atoms with Crippen LogP contribution in [0.1, 0.15) is 5.69 Å².